The molecule has 0 radical (unpaired) electrons. The molecule has 1 aliphatic heterocycles. The Morgan fingerprint density at radius 1 is 1.15 bits per heavy atom. The summed E-state index contributed by atoms with van der Waals surface area (Å²) in [6, 6.07) is 12.0. The maximum absolute atomic E-state index is 12.5. The molecule has 1 saturated carbocycles. The number of anilines is 1. The molecule has 1 spiro atoms. The Morgan fingerprint density at radius 3 is 2.70 bits per heavy atom. The molecule has 6 heteroatoms. The highest BCUT2D eigenvalue weighted by atomic mass is 32.2. The second-order valence-electron chi connectivity index (χ2n) is 7.05. The van der Waals surface area contributed by atoms with Crippen LogP contribution in [0.4, 0.5) is 5.69 Å². The molecule has 2 aromatic rings. The quantitative estimate of drug-likeness (QED) is 0.762. The van der Waals surface area contributed by atoms with E-state index in [1.807, 2.05) is 37.3 Å². The van der Waals surface area contributed by atoms with E-state index in [4.69, 9.17) is 9.98 Å². The van der Waals surface area contributed by atoms with E-state index in [1.165, 1.54) is 31.0 Å². The summed E-state index contributed by atoms with van der Waals surface area (Å²) in [5.74, 6) is 0.334. The van der Waals surface area contributed by atoms with Gasteiger partial charge in [-0.1, -0.05) is 42.4 Å². The first-order chi connectivity index (χ1) is 13.2. The Kier molecular flexibility index (Phi) is 5.45. The highest BCUT2D eigenvalue weighted by Gasteiger charge is 2.38. The molecule has 1 fully saturated rings. The lowest BCUT2D eigenvalue weighted by Crippen LogP contribution is -2.25. The molecule has 2 heterocycles. The molecule has 1 N–H and O–H groups in total. The van der Waals surface area contributed by atoms with Crippen LogP contribution < -0.4 is 5.32 Å². The van der Waals surface area contributed by atoms with Crippen molar-refractivity contribution in [2.24, 2.45) is 9.98 Å². The van der Waals surface area contributed by atoms with E-state index >= 15 is 0 Å². The molecule has 0 atom stereocenters. The van der Waals surface area contributed by atoms with E-state index in [9.17, 15) is 4.79 Å². The number of nitrogens with zero attached hydrogens (tertiary/aromatic N) is 2. The number of carbonyl (C=O) groups is 1. The number of hydrogen-bond acceptors (Lipinski definition) is 5. The van der Waals surface area contributed by atoms with Gasteiger partial charge in [0.15, 0.2) is 5.66 Å². The first kappa shape index (κ1) is 18.4. The van der Waals surface area contributed by atoms with Gasteiger partial charge in [-0.2, -0.15) is 0 Å². The molecule has 0 unspecified atom stereocenters. The fraction of sp³-hybridized carbons (Fsp3) is 0.381. The highest BCUT2D eigenvalue weighted by molar-refractivity contribution is 8.16. The third kappa shape index (κ3) is 4.17. The molecule has 1 amide bonds. The van der Waals surface area contributed by atoms with Gasteiger partial charge in [0.05, 0.1) is 10.6 Å². The fourth-order valence-electron chi connectivity index (χ4n) is 3.57. The highest BCUT2D eigenvalue weighted by Crippen LogP contribution is 2.39. The van der Waals surface area contributed by atoms with Crippen LogP contribution in [0, 0.1) is 6.92 Å². The van der Waals surface area contributed by atoms with Crippen LogP contribution in [-0.4, -0.2) is 28.1 Å². The van der Waals surface area contributed by atoms with E-state index in [0.29, 0.717) is 5.75 Å². The average Bonchev–Trinajstić information content (AvgIpc) is 3.31. The number of thioether (sulfide) groups is 1. The Morgan fingerprint density at radius 2 is 1.96 bits per heavy atom. The van der Waals surface area contributed by atoms with Crippen molar-refractivity contribution in [2.75, 3.05) is 11.1 Å². The Bertz CT molecular complexity index is 881. The molecular weight excluding hydrogens is 374 g/mol. The lowest BCUT2D eigenvalue weighted by atomic mass is 9.90. The van der Waals surface area contributed by atoms with Crippen LogP contribution in [0.15, 0.2) is 51.8 Å². The van der Waals surface area contributed by atoms with Crippen molar-refractivity contribution < 1.29 is 4.79 Å². The van der Waals surface area contributed by atoms with E-state index in [1.54, 1.807) is 11.3 Å². The number of hydrogen-bond donors (Lipinski definition) is 1. The standard InChI is InChI=1S/C21H23N3OS2/c1-15-8-3-4-9-16(15)22-18(25)14-27-20-19(17-10-7-13-26-17)23-21(24-20)11-5-2-6-12-21/h3-4,7-10,13H,2,5-6,11-12,14H2,1H3,(H,22,25). The van der Waals surface area contributed by atoms with Crippen molar-refractivity contribution in [1.29, 1.82) is 0 Å². The number of rotatable bonds is 4. The average molecular weight is 398 g/mol. The summed E-state index contributed by atoms with van der Waals surface area (Å²) in [4.78, 5) is 23.7. The van der Waals surface area contributed by atoms with Crippen molar-refractivity contribution in [3.63, 3.8) is 0 Å². The van der Waals surface area contributed by atoms with E-state index < -0.39 is 0 Å². The molecule has 0 bridgehead atoms. The molecule has 4 nitrogen and oxygen atoms in total. The third-order valence-corrected chi connectivity index (χ3v) is 6.84. The summed E-state index contributed by atoms with van der Waals surface area (Å²) in [6.45, 7) is 2.00. The minimum Gasteiger partial charge on any atom is -0.325 e. The maximum Gasteiger partial charge on any atom is 0.234 e. The van der Waals surface area contributed by atoms with Gasteiger partial charge in [0.2, 0.25) is 5.91 Å². The number of nitrogens with one attached hydrogen (secondary N) is 1. The molecular formula is C21H23N3OS2. The summed E-state index contributed by atoms with van der Waals surface area (Å²) in [5.41, 5.74) is 2.62. The molecule has 1 aromatic carbocycles. The lowest BCUT2D eigenvalue weighted by Gasteiger charge is -2.27. The van der Waals surface area contributed by atoms with Crippen LogP contribution in [0.5, 0.6) is 0 Å². The number of benzene rings is 1. The van der Waals surface area contributed by atoms with Crippen LogP contribution in [0.25, 0.3) is 0 Å². The number of aliphatic imine (C=N–C) groups is 2. The number of amides is 1. The number of aryl methyl sites for hydroxylation is 1. The number of thiophene rings is 1. The molecule has 0 saturated heterocycles. The van der Waals surface area contributed by atoms with Crippen molar-refractivity contribution in [3.05, 3.63) is 52.2 Å². The molecule has 27 heavy (non-hydrogen) atoms. The van der Waals surface area contributed by atoms with Gasteiger partial charge in [0.25, 0.3) is 0 Å². The summed E-state index contributed by atoms with van der Waals surface area (Å²) >= 11 is 3.19. The minimum absolute atomic E-state index is 0.00729. The van der Waals surface area contributed by atoms with Gasteiger partial charge in [0, 0.05) is 5.69 Å². The Hall–Kier alpha value is -1.92. The Balaban J connectivity index is 1.48. The summed E-state index contributed by atoms with van der Waals surface area (Å²) in [7, 11) is 0. The second kappa shape index (κ2) is 7.98. The van der Waals surface area contributed by atoms with Crippen LogP contribution in [0.1, 0.15) is 42.5 Å². The van der Waals surface area contributed by atoms with Crippen LogP contribution in [0.3, 0.4) is 0 Å². The van der Waals surface area contributed by atoms with Gasteiger partial charge < -0.3 is 5.32 Å². The molecule has 1 aromatic heterocycles. The fourth-order valence-corrected chi connectivity index (χ4v) is 5.22. The first-order valence-corrected chi connectivity index (χ1v) is 11.2. The van der Waals surface area contributed by atoms with Crippen LogP contribution in [-0.2, 0) is 4.79 Å². The predicted octanol–water partition coefficient (Wildman–Crippen LogP) is 5.29. The maximum atomic E-state index is 12.5. The van der Waals surface area contributed by atoms with E-state index in [0.717, 1.165) is 39.7 Å². The van der Waals surface area contributed by atoms with Gasteiger partial charge in [-0.3, -0.25) is 9.79 Å². The van der Waals surface area contributed by atoms with Gasteiger partial charge >= 0.3 is 0 Å². The van der Waals surface area contributed by atoms with Gasteiger partial charge in [0.1, 0.15) is 10.8 Å². The van der Waals surface area contributed by atoms with Crippen molar-refractivity contribution in [2.45, 2.75) is 44.7 Å². The monoisotopic (exact) mass is 397 g/mol. The largest absolute Gasteiger partial charge is 0.325 e. The molecule has 140 valence electrons. The van der Waals surface area contributed by atoms with Gasteiger partial charge in [-0.15, -0.1) is 11.3 Å². The molecule has 1 aliphatic carbocycles. The number of carbonyl (C=O) groups excluding carboxylic acids is 1. The van der Waals surface area contributed by atoms with Crippen molar-refractivity contribution >= 4 is 45.4 Å². The normalized spacial score (nSPS) is 18.3. The number of para-hydroxylation sites is 1. The SMILES string of the molecule is Cc1ccccc1NC(=O)CSC1=NC2(CCCCC2)N=C1c1cccs1. The van der Waals surface area contributed by atoms with E-state index in [-0.39, 0.29) is 11.6 Å². The second-order valence-corrected chi connectivity index (χ2v) is 8.96. The minimum atomic E-state index is -0.285. The molecule has 2 aliphatic rings. The zero-order chi connectivity index (χ0) is 18.7. The van der Waals surface area contributed by atoms with E-state index in [2.05, 4.69) is 16.8 Å². The van der Waals surface area contributed by atoms with Crippen LogP contribution >= 0.6 is 23.1 Å². The Labute approximate surface area is 168 Å². The zero-order valence-corrected chi connectivity index (χ0v) is 17.0. The molecule has 4 rings (SSSR count). The summed E-state index contributed by atoms with van der Waals surface area (Å²) in [6.07, 6.45) is 5.65. The lowest BCUT2D eigenvalue weighted by molar-refractivity contribution is -0.113. The smallest absolute Gasteiger partial charge is 0.234 e. The summed E-state index contributed by atoms with van der Waals surface area (Å²) < 4.78 is 0. The van der Waals surface area contributed by atoms with Crippen LogP contribution in [0.2, 0.25) is 0 Å². The summed E-state index contributed by atoms with van der Waals surface area (Å²) in [5, 5.41) is 5.99. The first-order valence-electron chi connectivity index (χ1n) is 9.37. The predicted molar refractivity (Wildman–Crippen MR) is 116 cm³/mol. The van der Waals surface area contributed by atoms with Crippen molar-refractivity contribution in [3.8, 4) is 0 Å². The zero-order valence-electron chi connectivity index (χ0n) is 15.4. The van der Waals surface area contributed by atoms with Gasteiger partial charge in [-0.05, 0) is 55.7 Å². The third-order valence-electron chi connectivity index (χ3n) is 5.00. The van der Waals surface area contributed by atoms with Crippen molar-refractivity contribution in [1.82, 2.24) is 0 Å². The van der Waals surface area contributed by atoms with Gasteiger partial charge in [-0.25, -0.2) is 4.99 Å². The topological polar surface area (TPSA) is 53.8 Å².